The maximum atomic E-state index is 10.4. The van der Waals surface area contributed by atoms with Gasteiger partial charge in [0.2, 0.25) is 5.88 Å². The zero-order chi connectivity index (χ0) is 31.3. The monoisotopic (exact) mass is 605 g/mol. The molecule has 4 N–H and O–H groups in total. The molecule has 0 radical (unpaired) electrons. The van der Waals surface area contributed by atoms with Crippen LogP contribution in [0.15, 0.2) is 121 Å². The summed E-state index contributed by atoms with van der Waals surface area (Å²) in [6.45, 7) is 1.16. The number of methoxy groups -OCH3 is 2. The molecule has 0 saturated carbocycles. The van der Waals surface area contributed by atoms with E-state index in [0.29, 0.717) is 36.3 Å². The summed E-state index contributed by atoms with van der Waals surface area (Å²) in [6, 6.07) is 40.2. The fraction of sp³-hybridized carbons (Fsp3) is 0.222. The van der Waals surface area contributed by atoms with Gasteiger partial charge in [-0.3, -0.25) is 0 Å². The topological polar surface area (TPSA) is 110 Å². The number of rotatable bonds is 16. The second-order valence-corrected chi connectivity index (χ2v) is 10.5. The van der Waals surface area contributed by atoms with Gasteiger partial charge in [0.05, 0.1) is 14.2 Å². The molecule has 5 aromatic rings. The molecule has 9 nitrogen and oxygen atoms in total. The molecule has 0 aliphatic heterocycles. The summed E-state index contributed by atoms with van der Waals surface area (Å²) < 4.78 is 16.4. The minimum Gasteiger partial charge on any atom is -0.493 e. The Morgan fingerprint density at radius 3 is 1.84 bits per heavy atom. The molecular formula is C36H39N5O4. The molecule has 232 valence electrons. The van der Waals surface area contributed by atoms with Crippen molar-refractivity contribution in [3.63, 3.8) is 0 Å². The molecule has 0 amide bonds. The lowest BCUT2D eigenvalue weighted by molar-refractivity contribution is 0.103. The van der Waals surface area contributed by atoms with Crippen molar-refractivity contribution in [2.45, 2.75) is 18.1 Å². The fourth-order valence-corrected chi connectivity index (χ4v) is 5.18. The third kappa shape index (κ3) is 7.96. The maximum absolute atomic E-state index is 10.4. The smallest absolute Gasteiger partial charge is 0.233 e. The molecule has 9 heteroatoms. The van der Waals surface area contributed by atoms with Gasteiger partial charge in [0.25, 0.3) is 0 Å². The van der Waals surface area contributed by atoms with E-state index in [4.69, 9.17) is 14.2 Å². The molecule has 0 unspecified atom stereocenters. The van der Waals surface area contributed by atoms with Crippen LogP contribution >= 0.6 is 0 Å². The Morgan fingerprint density at radius 2 is 1.31 bits per heavy atom. The summed E-state index contributed by atoms with van der Waals surface area (Å²) in [6.07, 6.45) is 0.0713. The summed E-state index contributed by atoms with van der Waals surface area (Å²) >= 11 is 0. The first-order chi connectivity index (χ1) is 22.1. The molecule has 0 fully saturated rings. The lowest BCUT2D eigenvalue weighted by Crippen LogP contribution is -2.47. The number of aliphatic hydroxyl groups is 1. The Kier molecular flexibility index (Phi) is 11.0. The first kappa shape index (κ1) is 31.5. The second-order valence-electron chi connectivity index (χ2n) is 10.5. The van der Waals surface area contributed by atoms with E-state index in [9.17, 15) is 5.11 Å². The van der Waals surface area contributed by atoms with Crippen molar-refractivity contribution in [2.75, 3.05) is 39.3 Å². The number of hydrogen-bond acceptors (Lipinski definition) is 9. The minimum atomic E-state index is -0.711. The van der Waals surface area contributed by atoms with Crippen LogP contribution in [-0.2, 0) is 12.0 Å². The fourth-order valence-electron chi connectivity index (χ4n) is 5.18. The molecule has 0 aliphatic carbocycles. The van der Waals surface area contributed by atoms with Gasteiger partial charge < -0.3 is 30.1 Å². The molecule has 1 aromatic heterocycles. The van der Waals surface area contributed by atoms with Gasteiger partial charge in [-0.1, -0.05) is 97.1 Å². The molecule has 0 aliphatic rings. The summed E-state index contributed by atoms with van der Waals surface area (Å²) in [5.74, 6) is 2.24. The number of nitrogens with zero attached hydrogens (tertiary/aromatic N) is 2. The first-order valence-corrected chi connectivity index (χ1v) is 14.9. The van der Waals surface area contributed by atoms with Crippen molar-refractivity contribution in [1.29, 1.82) is 0 Å². The standard InChI is InChI=1S/C36H39N5O4/c1-43-32-19-18-27(24-33(32)44-2)22-23-37-25-31(42)26-45-35-21-20-34(38-40-35)39-41-36(28-12-6-3-7-13-28,29-14-8-4-9-15-29)30-16-10-5-11-17-30/h3-21,24,31,37,41-42H,22-23,25-26H2,1-2H3,(H,38,39)/t31-/m0/s1. The Morgan fingerprint density at radius 1 is 0.711 bits per heavy atom. The molecule has 5 rings (SSSR count). The van der Waals surface area contributed by atoms with E-state index in [1.165, 1.54) is 0 Å². The number of aromatic nitrogens is 2. The van der Waals surface area contributed by atoms with Gasteiger partial charge in [0, 0.05) is 12.6 Å². The average Bonchev–Trinajstić information content (AvgIpc) is 3.11. The zero-order valence-corrected chi connectivity index (χ0v) is 25.5. The quantitative estimate of drug-likeness (QED) is 0.0704. The number of hydrogen-bond donors (Lipinski definition) is 4. The van der Waals surface area contributed by atoms with Crippen molar-refractivity contribution in [2.24, 2.45) is 0 Å². The summed E-state index contributed by atoms with van der Waals surface area (Å²) in [4.78, 5) is 0. The van der Waals surface area contributed by atoms with Crippen LogP contribution in [0.3, 0.4) is 0 Å². The molecule has 0 bridgehead atoms. The van der Waals surface area contributed by atoms with Crippen LogP contribution in [-0.4, -0.2) is 55.3 Å². The van der Waals surface area contributed by atoms with Gasteiger partial charge in [0.1, 0.15) is 18.2 Å². The molecule has 1 heterocycles. The van der Waals surface area contributed by atoms with Gasteiger partial charge >= 0.3 is 0 Å². The van der Waals surface area contributed by atoms with E-state index in [-0.39, 0.29) is 6.61 Å². The lowest BCUT2D eigenvalue weighted by atomic mass is 9.77. The third-order valence-electron chi connectivity index (χ3n) is 7.48. The Balaban J connectivity index is 1.17. The van der Waals surface area contributed by atoms with Gasteiger partial charge in [-0.25, -0.2) is 5.43 Å². The van der Waals surface area contributed by atoms with E-state index in [1.54, 1.807) is 26.4 Å². The molecule has 45 heavy (non-hydrogen) atoms. The first-order valence-electron chi connectivity index (χ1n) is 14.9. The van der Waals surface area contributed by atoms with Gasteiger partial charge in [-0.15, -0.1) is 10.2 Å². The van der Waals surface area contributed by atoms with Gasteiger partial charge in [0.15, 0.2) is 17.3 Å². The molecule has 1 atom stereocenters. The number of benzene rings is 4. The van der Waals surface area contributed by atoms with Crippen LogP contribution in [0.2, 0.25) is 0 Å². The van der Waals surface area contributed by atoms with E-state index >= 15 is 0 Å². The Hall–Kier alpha value is -4.96. The van der Waals surface area contributed by atoms with Crippen molar-refractivity contribution in [3.8, 4) is 17.4 Å². The SMILES string of the molecule is COc1ccc(CCNC[C@H](O)COc2ccc(NNC(c3ccccc3)(c3ccccc3)c3ccccc3)nn2)cc1OC. The highest BCUT2D eigenvalue weighted by Crippen LogP contribution is 2.36. The van der Waals surface area contributed by atoms with Gasteiger partial charge in [-0.2, -0.15) is 0 Å². The lowest BCUT2D eigenvalue weighted by Gasteiger charge is -2.37. The van der Waals surface area contributed by atoms with E-state index in [1.807, 2.05) is 72.8 Å². The Bertz CT molecular complexity index is 1490. The van der Waals surface area contributed by atoms with Crippen molar-refractivity contribution in [1.82, 2.24) is 20.9 Å². The largest absolute Gasteiger partial charge is 0.493 e. The number of aliphatic hydroxyl groups excluding tert-OH is 1. The highest BCUT2D eigenvalue weighted by atomic mass is 16.5. The maximum Gasteiger partial charge on any atom is 0.233 e. The Labute approximate surface area is 264 Å². The third-order valence-corrected chi connectivity index (χ3v) is 7.48. The van der Waals surface area contributed by atoms with Crippen LogP contribution in [0.1, 0.15) is 22.3 Å². The molecule has 0 spiro atoms. The van der Waals surface area contributed by atoms with Crippen LogP contribution in [0.5, 0.6) is 17.4 Å². The second kappa shape index (κ2) is 15.7. The van der Waals surface area contributed by atoms with Crippen LogP contribution < -0.4 is 30.4 Å². The van der Waals surface area contributed by atoms with Gasteiger partial charge in [-0.05, 0) is 53.4 Å². The normalized spacial score (nSPS) is 11.9. The highest BCUT2D eigenvalue weighted by Gasteiger charge is 2.36. The molecule has 0 saturated heterocycles. The minimum absolute atomic E-state index is 0.0855. The summed E-state index contributed by atoms with van der Waals surface area (Å²) in [7, 11) is 3.24. The molecular weight excluding hydrogens is 566 g/mol. The number of nitrogens with one attached hydrogen (secondary N) is 3. The van der Waals surface area contributed by atoms with Crippen molar-refractivity contribution in [3.05, 3.63) is 144 Å². The highest BCUT2D eigenvalue weighted by molar-refractivity contribution is 5.51. The van der Waals surface area contributed by atoms with E-state index in [2.05, 4.69) is 62.8 Å². The number of ether oxygens (including phenoxy) is 3. The summed E-state index contributed by atoms with van der Waals surface area (Å²) in [5, 5.41) is 22.2. The zero-order valence-electron chi connectivity index (χ0n) is 25.5. The summed E-state index contributed by atoms with van der Waals surface area (Å²) in [5.41, 5.74) is 10.4. The predicted octanol–water partition coefficient (Wildman–Crippen LogP) is 4.97. The van der Waals surface area contributed by atoms with Crippen LogP contribution in [0.4, 0.5) is 5.82 Å². The number of anilines is 1. The predicted molar refractivity (Wildman–Crippen MR) is 176 cm³/mol. The van der Waals surface area contributed by atoms with Crippen molar-refractivity contribution < 1.29 is 19.3 Å². The van der Waals surface area contributed by atoms with Crippen LogP contribution in [0.25, 0.3) is 0 Å². The van der Waals surface area contributed by atoms with Crippen molar-refractivity contribution >= 4 is 5.82 Å². The number of hydrazine groups is 1. The van der Waals surface area contributed by atoms with E-state index < -0.39 is 11.6 Å². The van der Waals surface area contributed by atoms with E-state index in [0.717, 1.165) is 28.7 Å². The average molecular weight is 606 g/mol. The molecule has 4 aromatic carbocycles. The van der Waals surface area contributed by atoms with Crippen LogP contribution in [0, 0.1) is 0 Å².